The average Bonchev–Trinajstić information content (AvgIpc) is 3.40. The van der Waals surface area contributed by atoms with Crippen LogP contribution >= 0.6 is 0 Å². The number of esters is 1. The highest BCUT2D eigenvalue weighted by atomic mass is 16.5. The van der Waals surface area contributed by atoms with Crippen LogP contribution in [-0.2, 0) is 9.53 Å². The fourth-order valence-electron chi connectivity index (χ4n) is 3.00. The van der Waals surface area contributed by atoms with E-state index in [1.54, 1.807) is 0 Å². The third-order valence-corrected chi connectivity index (χ3v) is 4.86. The number of carbonyl (C=O) groups is 1. The Labute approximate surface area is 150 Å². The summed E-state index contributed by atoms with van der Waals surface area (Å²) in [6.07, 6.45) is 24.1. The first-order valence-electron chi connectivity index (χ1n) is 10.6. The number of allylic oxidation sites excluding steroid dienone is 2. The van der Waals surface area contributed by atoms with E-state index in [0.29, 0.717) is 13.0 Å². The van der Waals surface area contributed by atoms with Gasteiger partial charge in [0.05, 0.1) is 6.61 Å². The van der Waals surface area contributed by atoms with E-state index in [0.717, 1.165) is 31.6 Å². The molecule has 0 N–H and O–H groups in total. The molecular formula is C22H40O2. The average molecular weight is 337 g/mol. The maximum Gasteiger partial charge on any atom is 0.305 e. The van der Waals surface area contributed by atoms with Crippen molar-refractivity contribution in [2.45, 2.75) is 110 Å². The van der Waals surface area contributed by atoms with Crippen LogP contribution in [0.2, 0.25) is 0 Å². The van der Waals surface area contributed by atoms with Crippen LogP contribution in [0.5, 0.6) is 0 Å². The number of hydrogen-bond donors (Lipinski definition) is 0. The monoisotopic (exact) mass is 336 g/mol. The molecule has 0 amide bonds. The van der Waals surface area contributed by atoms with Gasteiger partial charge in [-0.2, -0.15) is 0 Å². The van der Waals surface area contributed by atoms with Gasteiger partial charge < -0.3 is 4.74 Å². The molecule has 0 heterocycles. The second kappa shape index (κ2) is 15.7. The quantitative estimate of drug-likeness (QED) is 0.163. The van der Waals surface area contributed by atoms with Crippen molar-refractivity contribution < 1.29 is 9.53 Å². The van der Waals surface area contributed by atoms with Gasteiger partial charge in [0.1, 0.15) is 0 Å². The molecule has 0 spiro atoms. The molecule has 0 aromatic carbocycles. The summed E-state index contributed by atoms with van der Waals surface area (Å²) in [6, 6.07) is 0. The maximum atomic E-state index is 11.6. The second-order valence-corrected chi connectivity index (χ2v) is 7.43. The topological polar surface area (TPSA) is 26.3 Å². The third-order valence-electron chi connectivity index (χ3n) is 4.86. The Morgan fingerprint density at radius 3 is 2.29 bits per heavy atom. The molecule has 140 valence electrons. The second-order valence-electron chi connectivity index (χ2n) is 7.43. The molecule has 0 aromatic heterocycles. The van der Waals surface area contributed by atoms with Gasteiger partial charge in [-0.1, -0.05) is 83.3 Å². The highest BCUT2D eigenvalue weighted by Gasteiger charge is 2.19. The normalized spacial score (nSPS) is 14.4. The molecule has 0 aliphatic heterocycles. The van der Waals surface area contributed by atoms with Crippen LogP contribution in [0.25, 0.3) is 0 Å². The van der Waals surface area contributed by atoms with Crippen LogP contribution in [0.3, 0.4) is 0 Å². The van der Waals surface area contributed by atoms with Gasteiger partial charge >= 0.3 is 5.97 Å². The van der Waals surface area contributed by atoms with Gasteiger partial charge in [-0.25, -0.2) is 0 Å². The van der Waals surface area contributed by atoms with Gasteiger partial charge in [0.15, 0.2) is 0 Å². The number of ether oxygens (including phenoxy) is 1. The molecular weight excluding hydrogens is 296 g/mol. The van der Waals surface area contributed by atoms with Gasteiger partial charge in [0.2, 0.25) is 0 Å². The van der Waals surface area contributed by atoms with Gasteiger partial charge in [0, 0.05) is 6.42 Å². The first-order valence-corrected chi connectivity index (χ1v) is 10.6. The molecule has 0 atom stereocenters. The van der Waals surface area contributed by atoms with Crippen LogP contribution in [0, 0.1) is 5.92 Å². The summed E-state index contributed by atoms with van der Waals surface area (Å²) in [4.78, 5) is 11.6. The van der Waals surface area contributed by atoms with E-state index in [-0.39, 0.29) is 5.97 Å². The summed E-state index contributed by atoms with van der Waals surface area (Å²) in [5.41, 5.74) is 0. The van der Waals surface area contributed by atoms with Gasteiger partial charge in [-0.15, -0.1) is 0 Å². The fraction of sp³-hybridized carbons (Fsp3) is 0.864. The molecule has 1 saturated carbocycles. The molecule has 2 heteroatoms. The van der Waals surface area contributed by atoms with Crippen LogP contribution < -0.4 is 0 Å². The highest BCUT2D eigenvalue weighted by Crippen LogP contribution is 2.34. The van der Waals surface area contributed by atoms with Crippen molar-refractivity contribution in [2.75, 3.05) is 6.61 Å². The minimum Gasteiger partial charge on any atom is -0.466 e. The molecule has 0 bridgehead atoms. The Morgan fingerprint density at radius 1 is 0.875 bits per heavy atom. The van der Waals surface area contributed by atoms with Crippen LogP contribution in [0.4, 0.5) is 0 Å². The molecule has 1 fully saturated rings. The van der Waals surface area contributed by atoms with Crippen molar-refractivity contribution in [3.05, 3.63) is 12.2 Å². The number of rotatable bonds is 17. The minimum atomic E-state index is 0.00206. The van der Waals surface area contributed by atoms with E-state index in [1.165, 1.54) is 70.6 Å². The summed E-state index contributed by atoms with van der Waals surface area (Å²) in [7, 11) is 0. The van der Waals surface area contributed by atoms with E-state index in [4.69, 9.17) is 4.74 Å². The van der Waals surface area contributed by atoms with Crippen molar-refractivity contribution in [3.8, 4) is 0 Å². The maximum absolute atomic E-state index is 11.6. The van der Waals surface area contributed by atoms with Crippen molar-refractivity contribution in [1.29, 1.82) is 0 Å². The smallest absolute Gasteiger partial charge is 0.305 e. The lowest BCUT2D eigenvalue weighted by Gasteiger charge is -2.05. The van der Waals surface area contributed by atoms with Crippen LogP contribution in [0.15, 0.2) is 12.2 Å². The predicted octanol–water partition coefficient (Wildman–Crippen LogP) is 6.98. The van der Waals surface area contributed by atoms with Crippen molar-refractivity contribution in [3.63, 3.8) is 0 Å². The molecule has 1 aliphatic carbocycles. The number of unbranched alkanes of at least 4 members (excludes halogenated alkanes) is 9. The fourth-order valence-corrected chi connectivity index (χ4v) is 3.00. The molecule has 0 unspecified atom stereocenters. The van der Waals surface area contributed by atoms with Gasteiger partial charge in [0.25, 0.3) is 0 Å². The molecule has 0 aromatic rings. The van der Waals surface area contributed by atoms with Crippen LogP contribution in [0.1, 0.15) is 110 Å². The lowest BCUT2D eigenvalue weighted by Crippen LogP contribution is -2.05. The number of carbonyl (C=O) groups excluding carboxylic acids is 1. The Balaban J connectivity index is 1.73. The Bertz CT molecular complexity index is 318. The van der Waals surface area contributed by atoms with Crippen molar-refractivity contribution in [1.82, 2.24) is 0 Å². The van der Waals surface area contributed by atoms with E-state index in [9.17, 15) is 4.79 Å². The SMILES string of the molecule is CCCCC=CCCCCCC(=O)OCCCCCCCC1CC1. The molecule has 1 aliphatic rings. The zero-order valence-electron chi connectivity index (χ0n) is 16.1. The standard InChI is InChI=1S/C22H40O2/c1-2-3-4-5-6-7-8-11-14-17-22(23)24-20-15-12-9-10-13-16-21-18-19-21/h5-6,21H,2-4,7-20H2,1H3. The van der Waals surface area contributed by atoms with E-state index in [1.807, 2.05) is 0 Å². The van der Waals surface area contributed by atoms with Gasteiger partial charge in [-0.3, -0.25) is 4.79 Å². The summed E-state index contributed by atoms with van der Waals surface area (Å²) in [6.45, 7) is 2.85. The Morgan fingerprint density at radius 2 is 1.54 bits per heavy atom. The van der Waals surface area contributed by atoms with Crippen molar-refractivity contribution >= 4 is 5.97 Å². The van der Waals surface area contributed by atoms with E-state index >= 15 is 0 Å². The van der Waals surface area contributed by atoms with Gasteiger partial charge in [-0.05, 0) is 38.0 Å². The zero-order chi connectivity index (χ0) is 17.3. The Hall–Kier alpha value is -0.790. The third kappa shape index (κ3) is 14.8. The Kier molecular flexibility index (Phi) is 13.9. The van der Waals surface area contributed by atoms with Crippen molar-refractivity contribution in [2.24, 2.45) is 5.92 Å². The summed E-state index contributed by atoms with van der Waals surface area (Å²) in [5.74, 6) is 1.07. The number of hydrogen-bond acceptors (Lipinski definition) is 2. The summed E-state index contributed by atoms with van der Waals surface area (Å²) >= 11 is 0. The first-order chi connectivity index (χ1) is 11.8. The lowest BCUT2D eigenvalue weighted by atomic mass is 10.1. The lowest BCUT2D eigenvalue weighted by molar-refractivity contribution is -0.143. The predicted molar refractivity (Wildman–Crippen MR) is 103 cm³/mol. The molecule has 24 heavy (non-hydrogen) atoms. The van der Waals surface area contributed by atoms with E-state index in [2.05, 4.69) is 19.1 Å². The molecule has 1 rings (SSSR count). The molecule has 0 saturated heterocycles. The minimum absolute atomic E-state index is 0.00206. The molecule has 0 radical (unpaired) electrons. The van der Waals surface area contributed by atoms with E-state index < -0.39 is 0 Å². The summed E-state index contributed by atoms with van der Waals surface area (Å²) in [5, 5.41) is 0. The largest absolute Gasteiger partial charge is 0.466 e. The highest BCUT2D eigenvalue weighted by molar-refractivity contribution is 5.69. The summed E-state index contributed by atoms with van der Waals surface area (Å²) < 4.78 is 5.32. The zero-order valence-corrected chi connectivity index (χ0v) is 16.1. The van der Waals surface area contributed by atoms with Crippen LogP contribution in [-0.4, -0.2) is 12.6 Å². The molecule has 2 nitrogen and oxygen atoms in total. The first kappa shape index (κ1) is 21.3.